The first-order valence-electron chi connectivity index (χ1n) is 5.02. The first kappa shape index (κ1) is 11.9. The maximum atomic E-state index is 11.9. The molecule has 0 saturated carbocycles. The number of rotatable bonds is 2. The van der Waals surface area contributed by atoms with Crippen molar-refractivity contribution < 1.29 is 14.7 Å². The molecule has 1 amide bonds. The summed E-state index contributed by atoms with van der Waals surface area (Å²) in [4.78, 5) is 26.1. The lowest BCUT2D eigenvalue weighted by Gasteiger charge is -2.33. The molecule has 2 rings (SSSR count). The van der Waals surface area contributed by atoms with Crippen molar-refractivity contribution in [3.63, 3.8) is 0 Å². The Morgan fingerprint density at radius 2 is 1.71 bits per heavy atom. The summed E-state index contributed by atoms with van der Waals surface area (Å²) in [6.07, 6.45) is 0. The number of amides is 1. The van der Waals surface area contributed by atoms with Crippen molar-refractivity contribution in [2.24, 2.45) is 0 Å². The van der Waals surface area contributed by atoms with Crippen molar-refractivity contribution in [1.82, 2.24) is 4.90 Å². The summed E-state index contributed by atoms with van der Waals surface area (Å²) in [5, 5.41) is 8.74. The van der Waals surface area contributed by atoms with E-state index in [1.54, 1.807) is 17.0 Å². The second kappa shape index (κ2) is 4.71. The van der Waals surface area contributed by atoms with E-state index in [0.717, 1.165) is 0 Å². The number of carbonyl (C=O) groups is 2. The molecule has 0 radical (unpaired) electrons. The molecule has 0 atom stereocenters. The van der Waals surface area contributed by atoms with Crippen LogP contribution in [0.5, 0.6) is 0 Å². The zero-order valence-electron chi connectivity index (χ0n) is 8.89. The average molecular weight is 296 g/mol. The van der Waals surface area contributed by atoms with Crippen molar-refractivity contribution in [1.29, 1.82) is 0 Å². The van der Waals surface area contributed by atoms with Crippen LogP contribution in [0.3, 0.4) is 0 Å². The summed E-state index contributed by atoms with van der Waals surface area (Å²) in [5.41, 5.74) is 1.87. The number of benzene rings is 1. The molecule has 1 fully saturated rings. The molecule has 0 aliphatic carbocycles. The Labute approximate surface area is 107 Å². The summed E-state index contributed by atoms with van der Waals surface area (Å²) in [6, 6.07) is 5.97. The van der Waals surface area contributed by atoms with Crippen molar-refractivity contribution in [3.8, 4) is 0 Å². The van der Waals surface area contributed by atoms with Crippen molar-refractivity contribution in [2.45, 2.75) is 0 Å². The largest absolute Gasteiger partial charge is 0.478 e. The lowest BCUT2D eigenvalue weighted by molar-refractivity contribution is 0.0692. The average Bonchev–Trinajstić information content (AvgIpc) is 2.27. The first-order chi connectivity index (χ1) is 8.11. The van der Waals surface area contributed by atoms with Gasteiger partial charge in [0.1, 0.15) is 0 Å². The normalized spacial score (nSPS) is 14.2. The maximum absolute atomic E-state index is 11.9. The van der Waals surface area contributed by atoms with Crippen molar-refractivity contribution in [3.05, 3.63) is 46.0 Å². The molecule has 1 aromatic carbocycles. The highest BCUT2D eigenvalue weighted by molar-refractivity contribution is 9.11. The van der Waals surface area contributed by atoms with Crippen LogP contribution in [-0.4, -0.2) is 35.0 Å². The number of carboxylic acids is 1. The van der Waals surface area contributed by atoms with Gasteiger partial charge >= 0.3 is 5.97 Å². The van der Waals surface area contributed by atoms with Crippen LogP contribution in [0.25, 0.3) is 0 Å². The molecule has 5 heteroatoms. The number of hydrogen-bond donors (Lipinski definition) is 1. The van der Waals surface area contributed by atoms with Crippen LogP contribution >= 0.6 is 15.9 Å². The molecule has 1 aliphatic rings. The second-order valence-corrected chi connectivity index (χ2v) is 4.27. The number of halogens is 1. The Hall–Kier alpha value is -1.62. The Morgan fingerprint density at radius 3 is 2.18 bits per heavy atom. The Kier molecular flexibility index (Phi) is 3.28. The molecule has 1 aromatic rings. The fraction of sp³-hybridized carbons (Fsp3) is 0.167. The van der Waals surface area contributed by atoms with Crippen LogP contribution < -0.4 is 0 Å². The predicted molar refractivity (Wildman–Crippen MR) is 66.3 cm³/mol. The fourth-order valence-electron chi connectivity index (χ4n) is 1.59. The molecule has 0 unspecified atom stereocenters. The van der Waals surface area contributed by atoms with Gasteiger partial charge in [0, 0.05) is 18.7 Å². The van der Waals surface area contributed by atoms with E-state index in [1.807, 2.05) is 4.99 Å². The third kappa shape index (κ3) is 2.39. The zero-order chi connectivity index (χ0) is 12.4. The van der Waals surface area contributed by atoms with E-state index in [9.17, 15) is 9.59 Å². The van der Waals surface area contributed by atoms with E-state index >= 15 is 0 Å². The summed E-state index contributed by atoms with van der Waals surface area (Å²) in [6.45, 7) is 1.26. The lowest BCUT2D eigenvalue weighted by Crippen LogP contribution is -2.44. The number of nitrogens with zero attached hydrogens (tertiary/aromatic N) is 1. The zero-order valence-corrected chi connectivity index (χ0v) is 10.5. The number of likely N-dealkylation sites (tertiary alicyclic amines) is 1. The van der Waals surface area contributed by atoms with Crippen LogP contribution in [0.15, 0.2) is 34.8 Å². The van der Waals surface area contributed by atoms with Crippen LogP contribution in [0, 0.1) is 0 Å². The van der Waals surface area contributed by atoms with Crippen molar-refractivity contribution in [2.75, 3.05) is 13.1 Å². The molecular formula is C12H10BrNO3. The molecule has 0 aromatic heterocycles. The molecule has 1 saturated heterocycles. The molecular weight excluding hydrogens is 286 g/mol. The van der Waals surface area contributed by atoms with Gasteiger partial charge in [0.2, 0.25) is 0 Å². The van der Waals surface area contributed by atoms with Gasteiger partial charge in [-0.2, -0.15) is 0 Å². The van der Waals surface area contributed by atoms with E-state index in [4.69, 9.17) is 5.11 Å². The van der Waals surface area contributed by atoms with Gasteiger partial charge in [0.25, 0.3) is 5.91 Å². The lowest BCUT2D eigenvalue weighted by atomic mass is 10.1. The van der Waals surface area contributed by atoms with E-state index in [-0.39, 0.29) is 11.5 Å². The Balaban J connectivity index is 2.08. The number of carbonyl (C=O) groups excluding carboxylic acids is 1. The van der Waals surface area contributed by atoms with Gasteiger partial charge in [-0.15, -0.1) is 0 Å². The topological polar surface area (TPSA) is 57.6 Å². The molecule has 1 aliphatic heterocycles. The highest BCUT2D eigenvalue weighted by Crippen LogP contribution is 2.19. The van der Waals surface area contributed by atoms with Gasteiger partial charge in [0.05, 0.1) is 5.56 Å². The van der Waals surface area contributed by atoms with Crippen LogP contribution in [0.2, 0.25) is 0 Å². The van der Waals surface area contributed by atoms with E-state index < -0.39 is 5.97 Å². The van der Waals surface area contributed by atoms with Crippen LogP contribution in [0.4, 0.5) is 0 Å². The molecule has 1 N–H and O–H groups in total. The van der Waals surface area contributed by atoms with Crippen LogP contribution in [0.1, 0.15) is 20.7 Å². The molecule has 0 spiro atoms. The second-order valence-electron chi connectivity index (χ2n) is 3.81. The molecule has 17 heavy (non-hydrogen) atoms. The van der Waals surface area contributed by atoms with Gasteiger partial charge in [-0.05, 0) is 34.8 Å². The van der Waals surface area contributed by atoms with Gasteiger partial charge in [-0.3, -0.25) is 4.79 Å². The van der Waals surface area contributed by atoms with Crippen LogP contribution in [-0.2, 0) is 0 Å². The van der Waals surface area contributed by atoms with Gasteiger partial charge in [-0.1, -0.05) is 15.9 Å². The molecule has 88 valence electrons. The minimum Gasteiger partial charge on any atom is -0.478 e. The number of aromatic carboxylic acids is 1. The minimum absolute atomic E-state index is 0.0694. The van der Waals surface area contributed by atoms with Gasteiger partial charge in [0.15, 0.2) is 0 Å². The fourth-order valence-corrected chi connectivity index (χ4v) is 1.88. The first-order valence-corrected chi connectivity index (χ1v) is 5.94. The van der Waals surface area contributed by atoms with Crippen molar-refractivity contribution >= 4 is 27.8 Å². The summed E-state index contributed by atoms with van der Waals surface area (Å²) in [7, 11) is 0. The number of carboxylic acid groups (broad SMARTS) is 1. The minimum atomic E-state index is -0.988. The highest BCUT2D eigenvalue weighted by Gasteiger charge is 2.25. The summed E-state index contributed by atoms with van der Waals surface area (Å²) >= 11 is 3.22. The van der Waals surface area contributed by atoms with Gasteiger partial charge < -0.3 is 10.0 Å². The standard InChI is InChI=1S/C12H10BrNO3/c13-5-8-6-14(7-8)11(15)9-1-3-10(4-2-9)12(16)17/h1-5H,6-7H2,(H,16,17). The van der Waals surface area contributed by atoms with E-state index in [2.05, 4.69) is 15.9 Å². The summed E-state index contributed by atoms with van der Waals surface area (Å²) in [5.74, 6) is -1.06. The highest BCUT2D eigenvalue weighted by atomic mass is 79.9. The van der Waals surface area contributed by atoms with E-state index in [0.29, 0.717) is 18.7 Å². The third-order valence-corrected chi connectivity index (χ3v) is 3.26. The quantitative estimate of drug-likeness (QED) is 0.909. The molecule has 0 bridgehead atoms. The SMILES string of the molecule is O=C(O)c1ccc(C(=O)N2CC(=CBr)C2)cc1. The molecule has 4 nitrogen and oxygen atoms in total. The predicted octanol–water partition coefficient (Wildman–Crippen LogP) is 2.12. The Bertz CT molecular complexity index is 485. The maximum Gasteiger partial charge on any atom is 0.335 e. The monoisotopic (exact) mass is 295 g/mol. The number of hydrogen-bond acceptors (Lipinski definition) is 2. The van der Waals surface area contributed by atoms with E-state index in [1.165, 1.54) is 17.7 Å². The summed E-state index contributed by atoms with van der Waals surface area (Å²) < 4.78 is 0. The third-order valence-electron chi connectivity index (χ3n) is 2.61. The molecule has 1 heterocycles. The van der Waals surface area contributed by atoms with Gasteiger partial charge in [-0.25, -0.2) is 4.79 Å². The smallest absolute Gasteiger partial charge is 0.335 e. The Morgan fingerprint density at radius 1 is 1.18 bits per heavy atom.